The minimum atomic E-state index is -3.55. The van der Waals surface area contributed by atoms with Gasteiger partial charge in [-0.15, -0.1) is 0 Å². The molecule has 0 radical (unpaired) electrons. The molecule has 0 aromatic heterocycles. The Morgan fingerprint density at radius 1 is 0.960 bits per heavy atom. The molecule has 6 heteroatoms. The Balaban J connectivity index is 2.12. The van der Waals surface area contributed by atoms with Crippen LogP contribution < -0.4 is 4.74 Å². The van der Waals surface area contributed by atoms with E-state index < -0.39 is 26.3 Å². The quantitative estimate of drug-likeness (QED) is 0.605. The van der Waals surface area contributed by atoms with Crippen molar-refractivity contribution >= 4 is 15.8 Å². The maximum Gasteiger partial charge on any atom is 0.329 e. The van der Waals surface area contributed by atoms with Crippen molar-refractivity contribution < 1.29 is 17.9 Å². The van der Waals surface area contributed by atoms with Gasteiger partial charge in [-0.05, 0) is 56.2 Å². The van der Waals surface area contributed by atoms with Gasteiger partial charge in [0.2, 0.25) is 0 Å². The fraction of sp³-hybridized carbons (Fsp3) is 0.263. The monoisotopic (exact) mass is 357 g/mol. The Bertz CT molecular complexity index is 892. The van der Waals surface area contributed by atoms with Crippen LogP contribution >= 0.6 is 0 Å². The van der Waals surface area contributed by atoms with Gasteiger partial charge in [0, 0.05) is 0 Å². The van der Waals surface area contributed by atoms with Crippen molar-refractivity contribution in [3.05, 3.63) is 54.1 Å². The summed E-state index contributed by atoms with van der Waals surface area (Å²) in [7, 11) is -3.55. The summed E-state index contributed by atoms with van der Waals surface area (Å²) in [5.41, 5.74) is 2.40. The lowest BCUT2D eigenvalue weighted by Gasteiger charge is -2.15. The number of nitrogens with zero attached hydrogens (tertiary/aromatic N) is 1. The number of benzene rings is 2. The summed E-state index contributed by atoms with van der Waals surface area (Å²) in [5.74, 6) is -0.506. The second-order valence-electron chi connectivity index (χ2n) is 5.91. The number of ether oxygens (including phenoxy) is 1. The maximum atomic E-state index is 12.1. The molecule has 0 saturated carbocycles. The number of carbonyl (C=O) groups is 1. The first-order chi connectivity index (χ1) is 11.8. The molecule has 0 saturated heterocycles. The highest BCUT2D eigenvalue weighted by Gasteiger charge is 2.32. The van der Waals surface area contributed by atoms with Crippen LogP contribution in [-0.4, -0.2) is 24.9 Å². The topological polar surface area (TPSA) is 84.2 Å². The third-order valence-electron chi connectivity index (χ3n) is 3.90. The van der Waals surface area contributed by atoms with Gasteiger partial charge in [0.15, 0.2) is 15.1 Å². The maximum absolute atomic E-state index is 12.1. The van der Waals surface area contributed by atoms with Crippen LogP contribution in [0.25, 0.3) is 11.1 Å². The van der Waals surface area contributed by atoms with E-state index in [1.54, 1.807) is 36.4 Å². The van der Waals surface area contributed by atoms with E-state index >= 15 is 0 Å². The van der Waals surface area contributed by atoms with Crippen LogP contribution in [0, 0.1) is 11.3 Å². The fourth-order valence-electron chi connectivity index (χ4n) is 2.19. The molecule has 25 heavy (non-hydrogen) atoms. The molecule has 130 valence electrons. The van der Waals surface area contributed by atoms with Crippen LogP contribution in [-0.2, 0) is 14.6 Å². The van der Waals surface area contributed by atoms with Gasteiger partial charge in [0.25, 0.3) is 0 Å². The van der Waals surface area contributed by atoms with E-state index in [2.05, 4.69) is 6.07 Å². The van der Waals surface area contributed by atoms with Crippen molar-refractivity contribution in [3.8, 4) is 22.9 Å². The van der Waals surface area contributed by atoms with Gasteiger partial charge in [-0.2, -0.15) is 5.26 Å². The van der Waals surface area contributed by atoms with Crippen molar-refractivity contribution in [1.82, 2.24) is 0 Å². The van der Waals surface area contributed by atoms with Gasteiger partial charge in [-0.1, -0.05) is 24.3 Å². The Morgan fingerprint density at radius 3 is 1.88 bits per heavy atom. The summed E-state index contributed by atoms with van der Waals surface area (Å²) in [4.78, 5) is 12.1. The van der Waals surface area contributed by atoms with E-state index in [-0.39, 0.29) is 5.75 Å². The third-order valence-corrected chi connectivity index (χ3v) is 6.39. The van der Waals surface area contributed by atoms with E-state index in [4.69, 9.17) is 10.00 Å². The van der Waals surface area contributed by atoms with E-state index in [9.17, 15) is 13.2 Å². The number of sulfone groups is 1. The van der Waals surface area contributed by atoms with E-state index in [1.165, 1.54) is 20.8 Å². The lowest BCUT2D eigenvalue weighted by molar-refractivity contribution is -0.133. The molecule has 0 aliphatic carbocycles. The molecule has 0 heterocycles. The Labute approximate surface area is 147 Å². The van der Waals surface area contributed by atoms with Crippen molar-refractivity contribution in [2.45, 2.75) is 31.3 Å². The lowest BCUT2D eigenvalue weighted by Crippen LogP contribution is -2.35. The Kier molecular flexibility index (Phi) is 5.60. The number of rotatable bonds is 5. The van der Waals surface area contributed by atoms with Gasteiger partial charge in [0.05, 0.1) is 16.9 Å². The highest BCUT2D eigenvalue weighted by Crippen LogP contribution is 2.23. The second kappa shape index (κ2) is 7.49. The number of esters is 1. The van der Waals surface area contributed by atoms with Crippen LogP contribution in [0.1, 0.15) is 26.3 Å². The predicted molar refractivity (Wildman–Crippen MR) is 95.7 cm³/mol. The van der Waals surface area contributed by atoms with Crippen molar-refractivity contribution in [2.24, 2.45) is 0 Å². The predicted octanol–water partition coefficient (Wildman–Crippen LogP) is 3.34. The normalized spacial score (nSPS) is 12.4. The zero-order valence-corrected chi connectivity index (χ0v) is 15.1. The molecule has 0 bridgehead atoms. The molecule has 0 spiro atoms. The smallest absolute Gasteiger partial charge is 0.329 e. The summed E-state index contributed by atoms with van der Waals surface area (Å²) in [6, 6.07) is 15.9. The van der Waals surface area contributed by atoms with Crippen LogP contribution in [0.3, 0.4) is 0 Å². The average molecular weight is 357 g/mol. The zero-order valence-electron chi connectivity index (χ0n) is 14.3. The number of hydrogen-bond donors (Lipinski definition) is 0. The highest BCUT2D eigenvalue weighted by atomic mass is 32.2. The summed E-state index contributed by atoms with van der Waals surface area (Å²) < 4.78 is 29.2. The number of nitriles is 1. The zero-order chi connectivity index (χ0) is 18.6. The minimum Gasteiger partial charge on any atom is -0.426 e. The Hall–Kier alpha value is -2.65. The molecule has 0 fully saturated rings. The lowest BCUT2D eigenvalue weighted by atomic mass is 10.0. The highest BCUT2D eigenvalue weighted by molar-refractivity contribution is 7.93. The Morgan fingerprint density at radius 2 is 1.44 bits per heavy atom. The molecule has 0 aliphatic rings. The van der Waals surface area contributed by atoms with Gasteiger partial charge in [0.1, 0.15) is 5.75 Å². The second-order valence-corrected chi connectivity index (χ2v) is 8.74. The minimum absolute atomic E-state index is 0.285. The first-order valence-electron chi connectivity index (χ1n) is 7.80. The van der Waals surface area contributed by atoms with Crippen LogP contribution in [0.15, 0.2) is 48.5 Å². The molecule has 1 unspecified atom stereocenters. The van der Waals surface area contributed by atoms with Gasteiger partial charge in [-0.25, -0.2) is 8.42 Å². The summed E-state index contributed by atoms with van der Waals surface area (Å²) in [6.45, 7) is 4.40. The third kappa shape index (κ3) is 4.25. The molecule has 0 amide bonds. The van der Waals surface area contributed by atoms with Crippen LogP contribution in [0.2, 0.25) is 0 Å². The molecule has 1 atom stereocenters. The molecular weight excluding hydrogens is 338 g/mol. The molecule has 2 aromatic carbocycles. The van der Waals surface area contributed by atoms with Gasteiger partial charge < -0.3 is 4.74 Å². The molecule has 0 N–H and O–H groups in total. The average Bonchev–Trinajstić information content (AvgIpc) is 2.61. The van der Waals surface area contributed by atoms with Crippen LogP contribution in [0.4, 0.5) is 0 Å². The first kappa shape index (κ1) is 18.7. The molecule has 0 aliphatic heterocycles. The largest absolute Gasteiger partial charge is 0.426 e. The first-order valence-corrected chi connectivity index (χ1v) is 9.41. The van der Waals surface area contributed by atoms with E-state index in [0.29, 0.717) is 5.56 Å². The van der Waals surface area contributed by atoms with Crippen molar-refractivity contribution in [2.75, 3.05) is 0 Å². The van der Waals surface area contributed by atoms with Crippen molar-refractivity contribution in [1.29, 1.82) is 5.26 Å². The summed E-state index contributed by atoms with van der Waals surface area (Å²) in [6.07, 6.45) is 0. The van der Waals surface area contributed by atoms with E-state index in [0.717, 1.165) is 11.1 Å². The van der Waals surface area contributed by atoms with Crippen LogP contribution in [0.5, 0.6) is 5.75 Å². The molecule has 5 nitrogen and oxygen atoms in total. The number of carbonyl (C=O) groups excluding carboxylic acids is 1. The van der Waals surface area contributed by atoms with Gasteiger partial charge in [-0.3, -0.25) is 4.79 Å². The SMILES string of the molecule is CC(C)S(=O)(=O)C(C)C(=O)Oc1ccc(-c2ccc(C#N)cc2)cc1. The summed E-state index contributed by atoms with van der Waals surface area (Å²) >= 11 is 0. The standard InChI is InChI=1S/C19H19NO4S/c1-13(2)25(22,23)14(3)19(21)24-18-10-8-17(9-11-18)16-6-4-15(12-20)5-7-16/h4-11,13-14H,1-3H3. The fourth-order valence-corrected chi connectivity index (χ4v) is 3.33. The molecule has 2 rings (SSSR count). The number of hydrogen-bond acceptors (Lipinski definition) is 5. The van der Waals surface area contributed by atoms with E-state index in [1.807, 2.05) is 12.1 Å². The molecule has 2 aromatic rings. The van der Waals surface area contributed by atoms with Gasteiger partial charge >= 0.3 is 5.97 Å². The molecular formula is C19H19NO4S. The summed E-state index contributed by atoms with van der Waals surface area (Å²) in [5, 5.41) is 6.95. The van der Waals surface area contributed by atoms with Crippen molar-refractivity contribution in [3.63, 3.8) is 0 Å².